The van der Waals surface area contributed by atoms with Crippen molar-refractivity contribution in [3.05, 3.63) is 16.6 Å². The maximum Gasteiger partial charge on any atom is 0.137 e. The SMILES string of the molecule is CC(C)CN=C(N)c1cncs1. The molecule has 0 aromatic carbocycles. The summed E-state index contributed by atoms with van der Waals surface area (Å²) in [6.07, 6.45) is 1.74. The van der Waals surface area contributed by atoms with Gasteiger partial charge in [0.05, 0.1) is 10.4 Å². The molecule has 66 valence electrons. The normalized spacial score (nSPS) is 12.4. The minimum absolute atomic E-state index is 0.552. The largest absolute Gasteiger partial charge is 0.383 e. The van der Waals surface area contributed by atoms with Gasteiger partial charge in [-0.1, -0.05) is 13.8 Å². The van der Waals surface area contributed by atoms with Gasteiger partial charge in [0, 0.05) is 12.7 Å². The molecule has 0 atom stereocenters. The molecule has 1 heterocycles. The van der Waals surface area contributed by atoms with Crippen LogP contribution in [0.3, 0.4) is 0 Å². The average Bonchev–Trinajstić information content (AvgIpc) is 2.51. The van der Waals surface area contributed by atoms with Gasteiger partial charge in [-0.3, -0.25) is 9.98 Å². The summed E-state index contributed by atoms with van der Waals surface area (Å²) < 4.78 is 0. The lowest BCUT2D eigenvalue weighted by Crippen LogP contribution is -2.13. The van der Waals surface area contributed by atoms with Crippen LogP contribution in [0.25, 0.3) is 0 Å². The topological polar surface area (TPSA) is 51.3 Å². The summed E-state index contributed by atoms with van der Waals surface area (Å²) in [4.78, 5) is 9.11. The van der Waals surface area contributed by atoms with Gasteiger partial charge in [-0.2, -0.15) is 0 Å². The zero-order chi connectivity index (χ0) is 8.97. The standard InChI is InChI=1S/C8H13N3S/c1-6(2)3-11-8(9)7-4-10-5-12-7/h4-6H,3H2,1-2H3,(H2,9,11). The van der Waals surface area contributed by atoms with E-state index >= 15 is 0 Å². The molecule has 0 amide bonds. The first-order valence-electron chi connectivity index (χ1n) is 3.89. The molecule has 0 aliphatic heterocycles. The smallest absolute Gasteiger partial charge is 0.137 e. The quantitative estimate of drug-likeness (QED) is 0.570. The van der Waals surface area contributed by atoms with E-state index in [9.17, 15) is 0 Å². The van der Waals surface area contributed by atoms with Gasteiger partial charge < -0.3 is 5.73 Å². The van der Waals surface area contributed by atoms with Crippen LogP contribution in [0, 0.1) is 5.92 Å². The molecule has 0 aliphatic carbocycles. The van der Waals surface area contributed by atoms with Gasteiger partial charge in [0.1, 0.15) is 5.84 Å². The van der Waals surface area contributed by atoms with Gasteiger partial charge in [0.2, 0.25) is 0 Å². The first-order chi connectivity index (χ1) is 5.70. The lowest BCUT2D eigenvalue weighted by Gasteiger charge is -1.99. The third-order valence-corrected chi connectivity index (χ3v) is 2.11. The summed E-state index contributed by atoms with van der Waals surface area (Å²) in [6, 6.07) is 0. The molecular formula is C8H13N3S. The Morgan fingerprint density at radius 3 is 3.00 bits per heavy atom. The molecule has 0 unspecified atom stereocenters. The fourth-order valence-electron chi connectivity index (χ4n) is 0.701. The highest BCUT2D eigenvalue weighted by Gasteiger charge is 1.99. The molecule has 0 saturated heterocycles. The van der Waals surface area contributed by atoms with E-state index in [0.29, 0.717) is 11.8 Å². The fourth-order valence-corrected chi connectivity index (χ4v) is 1.24. The molecule has 0 fully saturated rings. The highest BCUT2D eigenvalue weighted by atomic mass is 32.1. The van der Waals surface area contributed by atoms with Crippen LogP contribution >= 0.6 is 11.3 Å². The number of aromatic nitrogens is 1. The van der Waals surface area contributed by atoms with Crippen molar-refractivity contribution < 1.29 is 0 Å². The average molecular weight is 183 g/mol. The van der Waals surface area contributed by atoms with Gasteiger partial charge in [-0.15, -0.1) is 11.3 Å². The van der Waals surface area contributed by atoms with Crippen molar-refractivity contribution in [2.45, 2.75) is 13.8 Å². The second-order valence-electron chi connectivity index (χ2n) is 2.99. The molecule has 1 rings (SSSR count). The van der Waals surface area contributed by atoms with Crippen LogP contribution < -0.4 is 5.73 Å². The zero-order valence-electron chi connectivity index (χ0n) is 7.32. The third kappa shape index (κ3) is 2.62. The predicted octanol–water partition coefficient (Wildman–Crippen LogP) is 1.50. The van der Waals surface area contributed by atoms with Crippen LogP contribution in [-0.4, -0.2) is 17.4 Å². The molecule has 0 saturated carbocycles. The Bertz CT molecular complexity index is 251. The van der Waals surface area contributed by atoms with E-state index in [0.717, 1.165) is 11.4 Å². The van der Waals surface area contributed by atoms with E-state index in [4.69, 9.17) is 5.73 Å². The molecule has 12 heavy (non-hydrogen) atoms. The van der Waals surface area contributed by atoms with Crippen molar-refractivity contribution in [2.75, 3.05) is 6.54 Å². The van der Waals surface area contributed by atoms with Crippen LogP contribution in [0.1, 0.15) is 18.7 Å². The monoisotopic (exact) mass is 183 g/mol. The number of hydrogen-bond acceptors (Lipinski definition) is 3. The minimum atomic E-state index is 0.552. The second-order valence-corrected chi connectivity index (χ2v) is 3.87. The number of rotatable bonds is 3. The first kappa shape index (κ1) is 9.19. The summed E-state index contributed by atoms with van der Waals surface area (Å²) >= 11 is 1.52. The Morgan fingerprint density at radius 1 is 1.75 bits per heavy atom. The number of aliphatic imine (C=N–C) groups is 1. The van der Waals surface area contributed by atoms with E-state index in [1.807, 2.05) is 0 Å². The van der Waals surface area contributed by atoms with E-state index in [1.54, 1.807) is 11.7 Å². The molecule has 0 spiro atoms. The Morgan fingerprint density at radius 2 is 2.50 bits per heavy atom. The highest BCUT2D eigenvalue weighted by molar-refractivity contribution is 7.11. The lowest BCUT2D eigenvalue weighted by atomic mass is 10.2. The number of thiazole rings is 1. The molecule has 1 aromatic heterocycles. The van der Waals surface area contributed by atoms with Gasteiger partial charge >= 0.3 is 0 Å². The summed E-state index contributed by atoms with van der Waals surface area (Å²) in [5.74, 6) is 1.16. The highest BCUT2D eigenvalue weighted by Crippen LogP contribution is 2.05. The molecule has 0 bridgehead atoms. The van der Waals surface area contributed by atoms with Crippen molar-refractivity contribution in [1.29, 1.82) is 0 Å². The van der Waals surface area contributed by atoms with Gasteiger partial charge in [-0.25, -0.2) is 0 Å². The van der Waals surface area contributed by atoms with Gasteiger partial charge in [-0.05, 0) is 5.92 Å². The Hall–Kier alpha value is -0.900. The molecular weight excluding hydrogens is 170 g/mol. The van der Waals surface area contributed by atoms with Crippen LogP contribution in [0.5, 0.6) is 0 Å². The van der Waals surface area contributed by atoms with Crippen molar-refractivity contribution >= 4 is 17.2 Å². The van der Waals surface area contributed by atoms with Crippen LogP contribution in [-0.2, 0) is 0 Å². The molecule has 3 nitrogen and oxygen atoms in total. The number of nitrogens with two attached hydrogens (primary N) is 1. The zero-order valence-corrected chi connectivity index (χ0v) is 8.14. The molecule has 0 aliphatic rings. The molecule has 2 N–H and O–H groups in total. The number of hydrogen-bond donors (Lipinski definition) is 1. The van der Waals surface area contributed by atoms with E-state index in [2.05, 4.69) is 23.8 Å². The maximum absolute atomic E-state index is 5.71. The van der Waals surface area contributed by atoms with E-state index < -0.39 is 0 Å². The Balaban J connectivity index is 2.59. The van der Waals surface area contributed by atoms with Crippen molar-refractivity contribution in [3.8, 4) is 0 Å². The molecule has 1 aromatic rings. The van der Waals surface area contributed by atoms with Gasteiger partial charge in [0.25, 0.3) is 0 Å². The fraction of sp³-hybridized carbons (Fsp3) is 0.500. The molecule has 4 heteroatoms. The first-order valence-corrected chi connectivity index (χ1v) is 4.77. The summed E-state index contributed by atoms with van der Waals surface area (Å²) in [5.41, 5.74) is 7.47. The van der Waals surface area contributed by atoms with Crippen LogP contribution in [0.2, 0.25) is 0 Å². The number of amidine groups is 1. The maximum atomic E-state index is 5.71. The second kappa shape index (κ2) is 4.21. The van der Waals surface area contributed by atoms with Crippen molar-refractivity contribution in [1.82, 2.24) is 4.98 Å². The minimum Gasteiger partial charge on any atom is -0.383 e. The summed E-state index contributed by atoms with van der Waals surface area (Å²) in [5, 5.41) is 0. The van der Waals surface area contributed by atoms with Crippen LogP contribution in [0.4, 0.5) is 0 Å². The molecule has 0 radical (unpaired) electrons. The predicted molar refractivity (Wildman–Crippen MR) is 52.5 cm³/mol. The number of nitrogens with zero attached hydrogens (tertiary/aromatic N) is 2. The van der Waals surface area contributed by atoms with E-state index in [-0.39, 0.29) is 0 Å². The van der Waals surface area contributed by atoms with Crippen LogP contribution in [0.15, 0.2) is 16.7 Å². The lowest BCUT2D eigenvalue weighted by molar-refractivity contribution is 0.665. The van der Waals surface area contributed by atoms with Crippen molar-refractivity contribution in [2.24, 2.45) is 16.6 Å². The third-order valence-electron chi connectivity index (χ3n) is 1.31. The summed E-state index contributed by atoms with van der Waals surface area (Å²) in [6.45, 7) is 5.01. The van der Waals surface area contributed by atoms with E-state index in [1.165, 1.54) is 11.3 Å². The Kier molecular flexibility index (Phi) is 3.22. The summed E-state index contributed by atoms with van der Waals surface area (Å²) in [7, 11) is 0. The van der Waals surface area contributed by atoms with Crippen molar-refractivity contribution in [3.63, 3.8) is 0 Å². The van der Waals surface area contributed by atoms with Gasteiger partial charge in [0.15, 0.2) is 0 Å². The Labute approximate surface area is 76.4 Å².